The van der Waals surface area contributed by atoms with Gasteiger partial charge in [-0.2, -0.15) is 0 Å². The summed E-state index contributed by atoms with van der Waals surface area (Å²) in [4.78, 5) is 2.50. The lowest BCUT2D eigenvalue weighted by molar-refractivity contribution is -0.00937. The fourth-order valence-corrected chi connectivity index (χ4v) is 3.26. The second-order valence-electron chi connectivity index (χ2n) is 6.72. The minimum Gasteiger partial charge on any atom is -0.390 e. The highest BCUT2D eigenvalue weighted by atomic mass is 16.3. The molecule has 2 atom stereocenters. The summed E-state index contributed by atoms with van der Waals surface area (Å²) in [5.41, 5.74) is 0.913. The van der Waals surface area contributed by atoms with E-state index in [9.17, 15) is 5.11 Å². The molecule has 1 aromatic carbocycles. The highest BCUT2D eigenvalue weighted by Gasteiger charge is 2.29. The molecule has 0 aliphatic carbocycles. The molecule has 0 aromatic heterocycles. The van der Waals surface area contributed by atoms with Crippen LogP contribution < -0.4 is 5.32 Å². The Morgan fingerprint density at radius 3 is 2.43 bits per heavy atom. The highest BCUT2D eigenvalue weighted by molar-refractivity contribution is 5.19. The molecule has 2 rings (SSSR count). The van der Waals surface area contributed by atoms with Crippen LogP contribution in [0.2, 0.25) is 0 Å². The lowest BCUT2D eigenvalue weighted by atomic mass is 9.90. The van der Waals surface area contributed by atoms with Crippen LogP contribution in [-0.2, 0) is 0 Å². The molecule has 0 bridgehead atoms. The minimum atomic E-state index is -0.458. The van der Waals surface area contributed by atoms with Crippen molar-refractivity contribution < 1.29 is 5.11 Å². The van der Waals surface area contributed by atoms with Gasteiger partial charge in [0.15, 0.2) is 0 Å². The Balaban J connectivity index is 1.95. The molecule has 0 radical (unpaired) electrons. The third-order valence-corrected chi connectivity index (χ3v) is 4.63. The molecule has 1 fully saturated rings. The Labute approximate surface area is 129 Å². The quantitative estimate of drug-likeness (QED) is 0.845. The third-order valence-electron chi connectivity index (χ3n) is 4.63. The van der Waals surface area contributed by atoms with E-state index < -0.39 is 5.60 Å². The Hall–Kier alpha value is -0.900. The summed E-state index contributed by atoms with van der Waals surface area (Å²) >= 11 is 0. The van der Waals surface area contributed by atoms with Gasteiger partial charge in [-0.1, -0.05) is 44.2 Å². The molecule has 1 aromatic rings. The maximum atomic E-state index is 10.1. The van der Waals surface area contributed by atoms with Gasteiger partial charge in [0.05, 0.1) is 5.60 Å². The second kappa shape index (κ2) is 7.39. The van der Waals surface area contributed by atoms with Crippen molar-refractivity contribution in [3.05, 3.63) is 35.9 Å². The predicted molar refractivity (Wildman–Crippen MR) is 88.3 cm³/mol. The summed E-state index contributed by atoms with van der Waals surface area (Å²) in [6.45, 7) is 10.5. The van der Waals surface area contributed by atoms with Crippen LogP contribution in [0.5, 0.6) is 0 Å². The minimum absolute atomic E-state index is 0.402. The van der Waals surface area contributed by atoms with E-state index in [1.54, 1.807) is 0 Å². The Morgan fingerprint density at radius 2 is 1.86 bits per heavy atom. The number of nitrogens with zero attached hydrogens (tertiary/aromatic N) is 1. The van der Waals surface area contributed by atoms with Crippen molar-refractivity contribution in [1.82, 2.24) is 10.2 Å². The number of piperidine rings is 1. The van der Waals surface area contributed by atoms with Crippen molar-refractivity contribution in [2.45, 2.75) is 45.3 Å². The lowest BCUT2D eigenvalue weighted by Crippen LogP contribution is -2.45. The number of rotatable bonds is 6. The molecule has 2 N–H and O–H groups in total. The van der Waals surface area contributed by atoms with Gasteiger partial charge in [0, 0.05) is 25.7 Å². The van der Waals surface area contributed by atoms with Gasteiger partial charge in [0.1, 0.15) is 0 Å². The molecule has 118 valence electrons. The maximum absolute atomic E-state index is 10.1. The Morgan fingerprint density at radius 1 is 1.24 bits per heavy atom. The number of hydrogen-bond donors (Lipinski definition) is 2. The van der Waals surface area contributed by atoms with Crippen molar-refractivity contribution in [3.63, 3.8) is 0 Å². The molecule has 0 amide bonds. The average Bonchev–Trinajstić information content (AvgIpc) is 2.48. The van der Waals surface area contributed by atoms with Crippen LogP contribution in [0.1, 0.15) is 45.2 Å². The first-order valence-corrected chi connectivity index (χ1v) is 8.25. The average molecular weight is 290 g/mol. The summed E-state index contributed by atoms with van der Waals surface area (Å²) < 4.78 is 0. The van der Waals surface area contributed by atoms with E-state index >= 15 is 0 Å². The summed E-state index contributed by atoms with van der Waals surface area (Å²) in [6, 6.07) is 11.1. The zero-order valence-corrected chi connectivity index (χ0v) is 13.7. The molecule has 1 heterocycles. The van der Waals surface area contributed by atoms with Crippen LogP contribution in [0.15, 0.2) is 30.3 Å². The van der Waals surface area contributed by atoms with Gasteiger partial charge in [-0.05, 0) is 37.8 Å². The van der Waals surface area contributed by atoms with E-state index in [-0.39, 0.29) is 0 Å². The van der Waals surface area contributed by atoms with Crippen LogP contribution in [-0.4, -0.2) is 41.8 Å². The Bertz CT molecular complexity index is 408. The first kappa shape index (κ1) is 16.5. The number of nitrogens with one attached hydrogen (secondary N) is 1. The zero-order valence-electron chi connectivity index (χ0n) is 13.7. The van der Waals surface area contributed by atoms with E-state index in [2.05, 4.69) is 54.4 Å². The fourth-order valence-electron chi connectivity index (χ4n) is 3.26. The van der Waals surface area contributed by atoms with Crippen LogP contribution in [0.4, 0.5) is 0 Å². The van der Waals surface area contributed by atoms with Gasteiger partial charge in [-0.3, -0.25) is 0 Å². The van der Waals surface area contributed by atoms with Gasteiger partial charge in [-0.25, -0.2) is 0 Å². The van der Waals surface area contributed by atoms with Gasteiger partial charge >= 0.3 is 0 Å². The van der Waals surface area contributed by atoms with Gasteiger partial charge in [0.25, 0.3) is 0 Å². The van der Waals surface area contributed by atoms with E-state index in [0.717, 1.165) is 39.0 Å². The van der Waals surface area contributed by atoms with Crippen LogP contribution in [0.25, 0.3) is 0 Å². The van der Waals surface area contributed by atoms with E-state index in [4.69, 9.17) is 0 Å². The number of benzene rings is 1. The first-order valence-electron chi connectivity index (χ1n) is 8.25. The smallest absolute Gasteiger partial charge is 0.0644 e. The second-order valence-corrected chi connectivity index (χ2v) is 6.72. The lowest BCUT2D eigenvalue weighted by Gasteiger charge is -2.38. The highest BCUT2D eigenvalue weighted by Crippen LogP contribution is 2.26. The number of aliphatic hydroxyl groups is 1. The summed E-state index contributed by atoms with van der Waals surface area (Å²) in [7, 11) is 0. The molecule has 1 saturated heterocycles. The van der Waals surface area contributed by atoms with Crippen LogP contribution in [0.3, 0.4) is 0 Å². The van der Waals surface area contributed by atoms with Crippen molar-refractivity contribution in [2.75, 3.05) is 26.2 Å². The maximum Gasteiger partial charge on any atom is 0.0644 e. The van der Waals surface area contributed by atoms with Gasteiger partial charge in [0.2, 0.25) is 0 Å². The van der Waals surface area contributed by atoms with E-state index in [0.29, 0.717) is 12.0 Å². The molecule has 2 unspecified atom stereocenters. The largest absolute Gasteiger partial charge is 0.390 e. The number of hydrogen-bond acceptors (Lipinski definition) is 3. The van der Waals surface area contributed by atoms with Crippen LogP contribution in [0, 0.1) is 5.92 Å². The number of likely N-dealkylation sites (tertiary alicyclic amines) is 1. The molecule has 0 saturated carbocycles. The molecule has 1 aliphatic rings. The zero-order chi connectivity index (χ0) is 15.3. The SMILES string of the molecule is CCNC(c1ccccc1)C(C)CN1CCC(C)(O)CC1. The fraction of sp³-hybridized carbons (Fsp3) is 0.667. The van der Waals surface area contributed by atoms with Gasteiger partial charge in [-0.15, -0.1) is 0 Å². The molecular weight excluding hydrogens is 260 g/mol. The molecule has 0 spiro atoms. The predicted octanol–water partition coefficient (Wildman–Crippen LogP) is 2.82. The van der Waals surface area contributed by atoms with E-state index in [1.807, 2.05) is 6.92 Å². The topological polar surface area (TPSA) is 35.5 Å². The summed E-state index contributed by atoms with van der Waals surface area (Å²) in [5.74, 6) is 0.551. The van der Waals surface area contributed by atoms with Crippen molar-refractivity contribution in [2.24, 2.45) is 5.92 Å². The Kier molecular flexibility index (Phi) is 5.80. The third kappa shape index (κ3) is 4.80. The standard InChI is InChI=1S/C18H30N2O/c1-4-19-17(16-8-6-5-7-9-16)15(2)14-20-12-10-18(3,21)11-13-20/h5-9,15,17,19,21H,4,10-14H2,1-3H3. The first-order chi connectivity index (χ1) is 10.0. The molecular formula is C18H30N2O. The molecule has 3 nitrogen and oxygen atoms in total. The van der Waals surface area contributed by atoms with Crippen LogP contribution >= 0.6 is 0 Å². The molecule has 3 heteroatoms. The van der Waals surface area contributed by atoms with Crippen molar-refractivity contribution in [3.8, 4) is 0 Å². The summed E-state index contributed by atoms with van der Waals surface area (Å²) in [6.07, 6.45) is 1.77. The van der Waals surface area contributed by atoms with Gasteiger partial charge < -0.3 is 15.3 Å². The van der Waals surface area contributed by atoms with Crippen molar-refractivity contribution >= 4 is 0 Å². The normalized spacial score (nSPS) is 21.9. The monoisotopic (exact) mass is 290 g/mol. The van der Waals surface area contributed by atoms with E-state index in [1.165, 1.54) is 5.56 Å². The molecule has 1 aliphatic heterocycles. The molecule has 21 heavy (non-hydrogen) atoms. The van der Waals surface area contributed by atoms with Crippen molar-refractivity contribution in [1.29, 1.82) is 0 Å². The summed E-state index contributed by atoms with van der Waals surface area (Å²) in [5, 5.41) is 13.7.